The molecule has 0 saturated carbocycles. The number of aromatic nitrogens is 2. The zero-order valence-corrected chi connectivity index (χ0v) is 17.1. The van der Waals surface area contributed by atoms with Crippen LogP contribution in [0.25, 0.3) is 11.1 Å². The van der Waals surface area contributed by atoms with Crippen LogP contribution in [0, 0.1) is 0 Å². The van der Waals surface area contributed by atoms with Crippen molar-refractivity contribution in [3.8, 4) is 23.0 Å². The van der Waals surface area contributed by atoms with Gasteiger partial charge in [-0.1, -0.05) is 0 Å². The predicted molar refractivity (Wildman–Crippen MR) is 115 cm³/mol. The van der Waals surface area contributed by atoms with Gasteiger partial charge in [0.25, 0.3) is 11.9 Å². The average molecular weight is 420 g/mol. The van der Waals surface area contributed by atoms with Crippen LogP contribution in [0.4, 0.5) is 11.7 Å². The van der Waals surface area contributed by atoms with E-state index in [0.29, 0.717) is 45.8 Å². The largest absolute Gasteiger partial charge is 0.497 e. The number of methoxy groups -OCH3 is 2. The Balaban J connectivity index is 1.56. The van der Waals surface area contributed by atoms with E-state index in [1.165, 1.54) is 6.20 Å². The van der Waals surface area contributed by atoms with Crippen LogP contribution in [0.1, 0.15) is 10.5 Å². The number of fused-ring (bicyclic) bond motifs is 1. The van der Waals surface area contributed by atoms with Gasteiger partial charge in [0.2, 0.25) is 0 Å². The van der Waals surface area contributed by atoms with E-state index in [9.17, 15) is 4.79 Å². The van der Waals surface area contributed by atoms with E-state index in [1.807, 2.05) is 6.07 Å². The minimum atomic E-state index is -0.291. The molecule has 0 unspecified atom stereocenters. The molecule has 0 spiro atoms. The van der Waals surface area contributed by atoms with E-state index in [0.717, 1.165) is 0 Å². The number of nitrogens with zero attached hydrogens (tertiary/aromatic N) is 2. The first kappa shape index (κ1) is 20.0. The maximum absolute atomic E-state index is 11.8. The van der Waals surface area contributed by atoms with Gasteiger partial charge in [-0.25, -0.2) is 0 Å². The normalized spacial score (nSPS) is 10.5. The highest BCUT2D eigenvalue weighted by Gasteiger charge is 2.12. The number of amides is 1. The SMILES string of the molecule is CNC(=O)c1cc(Oc2ccc3nc(Nc4ccc(OC)cc4OC)oc3c2)ccn1. The maximum atomic E-state index is 11.8. The van der Waals surface area contributed by atoms with Crippen molar-refractivity contribution in [1.29, 1.82) is 0 Å². The molecule has 0 aliphatic rings. The highest BCUT2D eigenvalue weighted by atomic mass is 16.5. The number of nitrogens with one attached hydrogen (secondary N) is 2. The molecular weight excluding hydrogens is 400 g/mol. The summed E-state index contributed by atoms with van der Waals surface area (Å²) >= 11 is 0. The van der Waals surface area contributed by atoms with Gasteiger partial charge in [-0.3, -0.25) is 9.78 Å². The maximum Gasteiger partial charge on any atom is 0.300 e. The Morgan fingerprint density at radius 1 is 0.968 bits per heavy atom. The number of rotatable bonds is 7. The standard InChI is InChI=1S/C22H20N4O5/c1-23-21(27)18-10-15(8-9-24-18)30-14-5-7-17-20(12-14)31-22(26-17)25-16-6-4-13(28-2)11-19(16)29-3/h4-12H,1-3H3,(H,23,27)(H,25,26). The van der Waals surface area contributed by atoms with Crippen LogP contribution < -0.4 is 24.8 Å². The lowest BCUT2D eigenvalue weighted by molar-refractivity contribution is 0.0958. The molecule has 0 aliphatic carbocycles. The molecule has 0 atom stereocenters. The van der Waals surface area contributed by atoms with Crippen LogP contribution in [0.2, 0.25) is 0 Å². The van der Waals surface area contributed by atoms with Gasteiger partial charge in [0, 0.05) is 31.4 Å². The predicted octanol–water partition coefficient (Wildman–Crippen LogP) is 4.14. The quantitative estimate of drug-likeness (QED) is 0.459. The van der Waals surface area contributed by atoms with Crippen LogP contribution in [-0.2, 0) is 0 Å². The Morgan fingerprint density at radius 2 is 1.77 bits per heavy atom. The van der Waals surface area contributed by atoms with Crippen molar-refractivity contribution in [3.05, 3.63) is 60.4 Å². The average Bonchev–Trinajstić information content (AvgIpc) is 3.20. The Morgan fingerprint density at radius 3 is 2.55 bits per heavy atom. The lowest BCUT2D eigenvalue weighted by Gasteiger charge is -2.09. The van der Waals surface area contributed by atoms with Crippen LogP contribution in [0.3, 0.4) is 0 Å². The zero-order valence-electron chi connectivity index (χ0n) is 17.1. The summed E-state index contributed by atoms with van der Waals surface area (Å²) in [4.78, 5) is 20.2. The van der Waals surface area contributed by atoms with Crippen LogP contribution in [-0.4, -0.2) is 37.1 Å². The first-order valence-corrected chi connectivity index (χ1v) is 9.35. The van der Waals surface area contributed by atoms with Gasteiger partial charge in [-0.2, -0.15) is 4.98 Å². The second kappa shape index (κ2) is 8.62. The lowest BCUT2D eigenvalue weighted by Crippen LogP contribution is -2.18. The van der Waals surface area contributed by atoms with Gasteiger partial charge in [-0.05, 0) is 30.3 Å². The summed E-state index contributed by atoms with van der Waals surface area (Å²) in [5.41, 5.74) is 2.14. The smallest absolute Gasteiger partial charge is 0.300 e. The molecule has 0 radical (unpaired) electrons. The first-order chi connectivity index (χ1) is 15.1. The molecule has 31 heavy (non-hydrogen) atoms. The molecule has 0 aliphatic heterocycles. The van der Waals surface area contributed by atoms with Crippen molar-refractivity contribution in [3.63, 3.8) is 0 Å². The number of hydrogen-bond donors (Lipinski definition) is 2. The van der Waals surface area contributed by atoms with E-state index in [4.69, 9.17) is 18.6 Å². The first-order valence-electron chi connectivity index (χ1n) is 9.35. The van der Waals surface area contributed by atoms with Crippen molar-refractivity contribution in [1.82, 2.24) is 15.3 Å². The number of pyridine rings is 1. The molecule has 0 saturated heterocycles. The third-order valence-electron chi connectivity index (χ3n) is 4.44. The molecule has 0 bridgehead atoms. The minimum absolute atomic E-state index is 0.265. The van der Waals surface area contributed by atoms with Crippen molar-refractivity contribution in [2.24, 2.45) is 0 Å². The fraction of sp³-hybridized carbons (Fsp3) is 0.136. The van der Waals surface area contributed by atoms with Crippen LogP contribution >= 0.6 is 0 Å². The zero-order chi connectivity index (χ0) is 21.8. The summed E-state index contributed by atoms with van der Waals surface area (Å²) in [7, 11) is 4.71. The Bertz CT molecular complexity index is 1240. The van der Waals surface area contributed by atoms with E-state index >= 15 is 0 Å². The molecule has 2 heterocycles. The molecule has 2 aromatic heterocycles. The minimum Gasteiger partial charge on any atom is -0.497 e. The van der Waals surface area contributed by atoms with Gasteiger partial charge < -0.3 is 29.3 Å². The van der Waals surface area contributed by atoms with Gasteiger partial charge in [0.15, 0.2) is 5.58 Å². The topological polar surface area (TPSA) is 108 Å². The van der Waals surface area contributed by atoms with E-state index < -0.39 is 0 Å². The van der Waals surface area contributed by atoms with E-state index in [-0.39, 0.29) is 11.6 Å². The molecule has 1 amide bonds. The third-order valence-corrected chi connectivity index (χ3v) is 4.44. The van der Waals surface area contributed by atoms with Gasteiger partial charge in [-0.15, -0.1) is 0 Å². The van der Waals surface area contributed by atoms with E-state index in [1.54, 1.807) is 63.7 Å². The summed E-state index contributed by atoms with van der Waals surface area (Å²) in [5, 5.41) is 5.64. The second-order valence-electron chi connectivity index (χ2n) is 6.40. The fourth-order valence-corrected chi connectivity index (χ4v) is 2.90. The number of ether oxygens (including phenoxy) is 3. The molecule has 158 valence electrons. The number of anilines is 2. The summed E-state index contributed by atoms with van der Waals surface area (Å²) in [6.07, 6.45) is 1.51. The molecule has 9 heteroatoms. The van der Waals surface area contributed by atoms with Gasteiger partial charge >= 0.3 is 0 Å². The number of oxazole rings is 1. The number of carbonyl (C=O) groups is 1. The Hall–Kier alpha value is -4.27. The molecule has 4 rings (SSSR count). The summed E-state index contributed by atoms with van der Waals surface area (Å²) < 4.78 is 22.3. The molecule has 4 aromatic rings. The second-order valence-corrected chi connectivity index (χ2v) is 6.40. The Labute approximate surface area is 178 Å². The highest BCUT2D eigenvalue weighted by molar-refractivity contribution is 5.92. The Kier molecular flexibility index (Phi) is 5.57. The van der Waals surface area contributed by atoms with E-state index in [2.05, 4.69) is 20.6 Å². The summed E-state index contributed by atoms with van der Waals surface area (Å²) in [6, 6.07) is 14.2. The van der Waals surface area contributed by atoms with Gasteiger partial charge in [0.1, 0.15) is 34.2 Å². The lowest BCUT2D eigenvalue weighted by atomic mass is 10.2. The number of carbonyl (C=O) groups excluding carboxylic acids is 1. The number of hydrogen-bond acceptors (Lipinski definition) is 8. The summed E-state index contributed by atoms with van der Waals surface area (Å²) in [6.45, 7) is 0. The van der Waals surface area contributed by atoms with Crippen molar-refractivity contribution >= 4 is 28.7 Å². The van der Waals surface area contributed by atoms with Crippen LogP contribution in [0.15, 0.2) is 59.1 Å². The van der Waals surface area contributed by atoms with Crippen molar-refractivity contribution < 1.29 is 23.4 Å². The number of benzene rings is 2. The fourth-order valence-electron chi connectivity index (χ4n) is 2.90. The molecule has 0 fully saturated rings. The third kappa shape index (κ3) is 4.35. The molecule has 9 nitrogen and oxygen atoms in total. The van der Waals surface area contributed by atoms with Crippen LogP contribution in [0.5, 0.6) is 23.0 Å². The monoisotopic (exact) mass is 420 g/mol. The van der Waals surface area contributed by atoms with Gasteiger partial charge in [0.05, 0.1) is 19.9 Å². The molecule has 2 aromatic carbocycles. The summed E-state index contributed by atoms with van der Waals surface area (Å²) in [5.74, 6) is 1.99. The highest BCUT2D eigenvalue weighted by Crippen LogP contribution is 2.33. The molecule has 2 N–H and O–H groups in total. The van der Waals surface area contributed by atoms with Crippen molar-refractivity contribution in [2.45, 2.75) is 0 Å². The van der Waals surface area contributed by atoms with Crippen molar-refractivity contribution in [2.75, 3.05) is 26.6 Å². The molecular formula is C22H20N4O5.